The zero-order valence-corrected chi connectivity index (χ0v) is 69.8. The molecule has 1 amide bonds. The molecule has 0 saturated carbocycles. The average molecular weight is 1820 g/mol. The third-order valence-electron chi connectivity index (χ3n) is 24.4. The van der Waals surface area contributed by atoms with E-state index in [4.69, 9.17) is 66.3 Å². The Kier molecular flexibility index (Phi) is 32.3. The minimum absolute atomic E-state index is 0.191. The molecule has 23 N–H and O–H groups in total. The molecule has 14 bridgehead atoms. The van der Waals surface area contributed by atoms with Crippen LogP contribution in [-0.4, -0.2) is 424 Å². The molecule has 25 rings (SSSR count). The highest BCUT2D eigenvalue weighted by atomic mass is 32.2. The Bertz CT molecular complexity index is 4280. The zero-order valence-electron chi connectivity index (χ0n) is 68.2. The summed E-state index contributed by atoms with van der Waals surface area (Å²) < 4.78 is 152. The van der Waals surface area contributed by atoms with Gasteiger partial charge in [0.1, 0.15) is 177 Å². The molecule has 46 heteroatoms. The normalized spacial score (nSPS) is 41.4. The predicted octanol–water partition coefficient (Wildman–Crippen LogP) is -8.45. The number of hydrogen-bond donors (Lipinski definition) is 23. The lowest BCUT2D eigenvalue weighted by Crippen LogP contribution is -2.68. The highest BCUT2D eigenvalue weighted by Gasteiger charge is 2.61. The zero-order chi connectivity index (χ0) is 90.3. The Labute approximate surface area is 712 Å². The number of unbranched alkanes of at least 4 members (excludes halogenated alkanes) is 3. The standard InChI is InChI=1S/C78H115N3O41S2/c1-33-17-19-37-35(24-33)77(2,3)46(81(37)22-12-13-23-123(103,104)105)14-8-6-9-15-47-78(4,5)36-25-34(124(106,107)108)18-20-38(36)80(47)21-11-7-10-16-48(88)79-26-39-63-49(89)56(96)70(109-39)117-64-40(27-82)111-72(58(98)51(64)91)119-66-42(29-84)113-74(60(100)53(66)93)121-68-44(31-86)115-76(62(102)55(68)95)122-69-45(32-87)114-75(61(101)54(69)94)120-67-43(30-85)112-73(59(99)52(67)92)118-65-41(28-83)110-71(116-63)57(97)50(65)90/h6,8-9,14-15,17-20,24-25,39-45,49-76,82-87,89-102H,7,10-13,16,21-23,26-32H2,1-5H3,(H2-,79,88,103,104,105,106,107,108)/p+1. The lowest BCUT2D eigenvalue weighted by molar-refractivity contribution is -0.438. The van der Waals surface area contributed by atoms with Crippen LogP contribution < -0.4 is 10.2 Å². The van der Waals surface area contributed by atoms with Gasteiger partial charge in [-0.2, -0.15) is 21.4 Å². The molecular weight excluding hydrogens is 1700 g/mol. The fourth-order valence-corrected chi connectivity index (χ4v) is 18.5. The molecule has 0 spiro atoms. The second-order valence-corrected chi connectivity index (χ2v) is 36.5. The molecule has 21 saturated heterocycles. The van der Waals surface area contributed by atoms with E-state index in [1.807, 2.05) is 67.9 Å². The van der Waals surface area contributed by atoms with E-state index in [0.717, 1.165) is 28.2 Å². The molecule has 700 valence electrons. The van der Waals surface area contributed by atoms with Crippen molar-refractivity contribution in [1.29, 1.82) is 0 Å². The maximum Gasteiger partial charge on any atom is 0.294 e. The summed E-state index contributed by atoms with van der Waals surface area (Å²) >= 11 is 0. The Morgan fingerprint density at radius 3 is 1.16 bits per heavy atom. The summed E-state index contributed by atoms with van der Waals surface area (Å²) in [4.78, 5) is 15.9. The minimum atomic E-state index is -4.65. The van der Waals surface area contributed by atoms with Crippen LogP contribution in [0.15, 0.2) is 77.4 Å². The van der Waals surface area contributed by atoms with Crippen molar-refractivity contribution in [2.45, 2.75) is 304 Å². The summed E-state index contributed by atoms with van der Waals surface area (Å²) in [5.41, 5.74) is 4.67. The smallest absolute Gasteiger partial charge is 0.294 e. The van der Waals surface area contributed by atoms with E-state index in [0.29, 0.717) is 43.6 Å². The third kappa shape index (κ3) is 20.7. The van der Waals surface area contributed by atoms with E-state index in [2.05, 4.69) is 30.1 Å². The van der Waals surface area contributed by atoms with Gasteiger partial charge in [-0.1, -0.05) is 49.8 Å². The van der Waals surface area contributed by atoms with Crippen LogP contribution in [-0.2, 0) is 102 Å². The molecule has 44 nitrogen and oxygen atoms in total. The molecule has 35 atom stereocenters. The largest absolute Gasteiger partial charge is 0.394 e. The molecule has 0 aromatic heterocycles. The number of hydrogen-bond acceptors (Lipinski definition) is 40. The van der Waals surface area contributed by atoms with Gasteiger partial charge in [0.15, 0.2) is 49.7 Å². The van der Waals surface area contributed by atoms with Gasteiger partial charge in [-0.15, -0.1) is 0 Å². The van der Waals surface area contributed by atoms with Crippen LogP contribution in [0.1, 0.15) is 82.9 Å². The van der Waals surface area contributed by atoms with Gasteiger partial charge >= 0.3 is 0 Å². The van der Waals surface area contributed by atoms with Crippen LogP contribution in [0.3, 0.4) is 0 Å². The first kappa shape index (κ1) is 98.1. The number of aliphatic hydroxyl groups excluding tert-OH is 20. The van der Waals surface area contributed by atoms with Crippen molar-refractivity contribution in [1.82, 2.24) is 5.32 Å². The number of aliphatic hydroxyl groups is 20. The predicted molar refractivity (Wildman–Crippen MR) is 415 cm³/mol. The first-order valence-corrected chi connectivity index (χ1v) is 44.0. The number of amides is 1. The molecule has 23 heterocycles. The van der Waals surface area contributed by atoms with Crippen molar-refractivity contribution in [2.24, 2.45) is 0 Å². The number of nitrogens with one attached hydrogen (secondary N) is 1. The molecule has 2 aromatic carbocycles. The van der Waals surface area contributed by atoms with Crippen LogP contribution in [0, 0.1) is 6.92 Å². The summed E-state index contributed by atoms with van der Waals surface area (Å²) in [6, 6.07) is 10.4. The summed E-state index contributed by atoms with van der Waals surface area (Å²) in [6.07, 6.45) is -62.1. The van der Waals surface area contributed by atoms with Crippen molar-refractivity contribution in [2.75, 3.05) is 69.9 Å². The highest BCUT2D eigenvalue weighted by molar-refractivity contribution is 7.86. The van der Waals surface area contributed by atoms with Crippen LogP contribution in [0.25, 0.3) is 0 Å². The lowest BCUT2D eigenvalue weighted by atomic mass is 9.81. The fourth-order valence-electron chi connectivity index (χ4n) is 17.5. The Balaban J connectivity index is 0.775. The number of anilines is 1. The van der Waals surface area contributed by atoms with Crippen molar-refractivity contribution in [3.05, 3.63) is 89.2 Å². The molecule has 21 fully saturated rings. The van der Waals surface area contributed by atoms with Crippen LogP contribution in [0.5, 0.6) is 0 Å². The highest BCUT2D eigenvalue weighted by Crippen LogP contribution is 2.49. The van der Waals surface area contributed by atoms with Crippen molar-refractivity contribution < 1.29 is 204 Å². The molecular formula is C78H116N3O41S2+. The number of carbonyl (C=O) groups is 1. The first-order valence-electron chi connectivity index (χ1n) is 40.9. The van der Waals surface area contributed by atoms with E-state index in [1.165, 1.54) is 12.1 Å². The molecule has 0 radical (unpaired) electrons. The monoisotopic (exact) mass is 1810 g/mol. The average Bonchev–Trinajstić information content (AvgIpc) is 1.52. The Morgan fingerprint density at radius 1 is 0.427 bits per heavy atom. The van der Waals surface area contributed by atoms with Gasteiger partial charge in [0.2, 0.25) is 11.6 Å². The van der Waals surface area contributed by atoms with Crippen LogP contribution >= 0.6 is 0 Å². The number of nitrogens with zero attached hydrogens (tertiary/aromatic N) is 2. The second kappa shape index (κ2) is 40.8. The van der Waals surface area contributed by atoms with Crippen molar-refractivity contribution in [3.8, 4) is 0 Å². The van der Waals surface area contributed by atoms with Gasteiger partial charge in [0.05, 0.1) is 55.7 Å². The Morgan fingerprint density at radius 2 is 0.798 bits per heavy atom. The van der Waals surface area contributed by atoms with Gasteiger partial charge in [0.25, 0.3) is 20.2 Å². The molecule has 124 heavy (non-hydrogen) atoms. The second-order valence-electron chi connectivity index (χ2n) is 33.5. The fraction of sp³-hybridized carbons (Fsp3) is 0.744. The molecule has 0 aliphatic carbocycles. The lowest BCUT2D eigenvalue weighted by Gasteiger charge is -2.50. The number of aryl methyl sites for hydroxylation is 1. The minimum Gasteiger partial charge on any atom is -0.394 e. The molecule has 35 unspecified atom stereocenters. The van der Waals surface area contributed by atoms with Crippen LogP contribution in [0.2, 0.25) is 0 Å². The van der Waals surface area contributed by atoms with E-state index in [-0.39, 0.29) is 29.9 Å². The van der Waals surface area contributed by atoms with E-state index >= 15 is 0 Å². The summed E-state index contributed by atoms with van der Waals surface area (Å²) in [5, 5.41) is 230. The number of ether oxygens (including phenoxy) is 14. The number of fused-ring (bicyclic) bond motifs is 2. The SMILES string of the molecule is Cc1ccc2c(c1)C(C)(C)C(=CC=CC=CC1=[N+](CCCCCC(=O)NCC3OC4OC5C(CO)OC(OC6C(CO)OC(OC7C(CO)OC(OC8C(CO)OC(OC9C(CO)OC(OC%10C(CO)OC(OC3C(O)C4O)C(O)C%10O)C(O)C9O)C(O)C8O)C(O)C7O)C(O)C6O)C(O)C5O)c3ccc(S(=O)(=O)O)cc3C1(C)C)N2CCCCS(=O)(=O)O. The van der Waals surface area contributed by atoms with Gasteiger partial charge in [0, 0.05) is 60.4 Å². The first-order chi connectivity index (χ1) is 58.6. The number of carbonyl (C=O) groups excluding carboxylic acids is 1. The third-order valence-corrected chi connectivity index (χ3v) is 26.0. The number of rotatable bonds is 23. The number of benzene rings is 2. The molecule has 23 aliphatic heterocycles. The topological polar surface area (TPSA) is 678 Å². The Hall–Kier alpha value is -4.94. The summed E-state index contributed by atoms with van der Waals surface area (Å²) in [5.74, 6) is -1.04. The van der Waals surface area contributed by atoms with Gasteiger partial charge in [-0.25, -0.2) is 0 Å². The van der Waals surface area contributed by atoms with Gasteiger partial charge in [-0.05, 0) is 76.3 Å². The maximum absolute atomic E-state index is 14.1. The molecule has 23 aliphatic rings. The van der Waals surface area contributed by atoms with Gasteiger partial charge in [-0.3, -0.25) is 13.9 Å². The summed E-state index contributed by atoms with van der Waals surface area (Å²) in [7, 11) is -8.81. The van der Waals surface area contributed by atoms with Gasteiger partial charge < -0.3 is 179 Å². The number of allylic oxidation sites excluding steroid dienone is 6. The maximum atomic E-state index is 14.1. The van der Waals surface area contributed by atoms with E-state index in [9.17, 15) is 133 Å². The van der Waals surface area contributed by atoms with Crippen LogP contribution in [0.4, 0.5) is 11.4 Å². The van der Waals surface area contributed by atoms with E-state index in [1.54, 1.807) is 6.07 Å². The van der Waals surface area contributed by atoms with E-state index < -0.39 is 298 Å². The quantitative estimate of drug-likeness (QED) is 0.0213. The molecule has 2 aromatic rings. The van der Waals surface area contributed by atoms with Crippen molar-refractivity contribution >= 4 is 43.2 Å². The van der Waals surface area contributed by atoms with Crippen molar-refractivity contribution in [3.63, 3.8) is 0 Å². The summed E-state index contributed by atoms with van der Waals surface area (Å²) in [6.45, 7) is 3.45.